The molecular formula is C21H34N2O. The molecule has 0 saturated carbocycles. The van der Waals surface area contributed by atoms with Gasteiger partial charge in [0.2, 0.25) is 5.91 Å². The van der Waals surface area contributed by atoms with E-state index >= 15 is 0 Å². The lowest BCUT2D eigenvalue weighted by Gasteiger charge is -2.22. The Labute approximate surface area is 147 Å². The van der Waals surface area contributed by atoms with Crippen LogP contribution in [0.2, 0.25) is 0 Å². The number of rotatable bonds is 6. The van der Waals surface area contributed by atoms with Crippen LogP contribution in [-0.4, -0.2) is 30.4 Å². The smallest absolute Gasteiger partial charge is 0.222 e. The molecule has 1 aromatic rings. The molecule has 134 valence electrons. The lowest BCUT2D eigenvalue weighted by atomic mass is 9.86. The molecule has 1 aromatic carbocycles. The Hall–Kier alpha value is -1.35. The summed E-state index contributed by atoms with van der Waals surface area (Å²) >= 11 is 0. The number of aryl methyl sites for hydroxylation is 1. The molecule has 3 heteroatoms. The Balaban J connectivity index is 1.70. The van der Waals surface area contributed by atoms with Gasteiger partial charge in [-0.05, 0) is 54.2 Å². The van der Waals surface area contributed by atoms with Crippen LogP contribution in [0, 0.1) is 5.41 Å². The maximum Gasteiger partial charge on any atom is 0.222 e. The van der Waals surface area contributed by atoms with Gasteiger partial charge in [0.15, 0.2) is 0 Å². The van der Waals surface area contributed by atoms with Crippen molar-refractivity contribution in [3.8, 4) is 0 Å². The second kappa shape index (κ2) is 7.69. The largest absolute Gasteiger partial charge is 0.342 e. The molecule has 1 aliphatic rings. The fourth-order valence-electron chi connectivity index (χ4n) is 3.34. The van der Waals surface area contributed by atoms with Crippen LogP contribution in [0.1, 0.15) is 64.5 Å². The van der Waals surface area contributed by atoms with Gasteiger partial charge in [-0.25, -0.2) is 0 Å². The first-order valence-electron chi connectivity index (χ1n) is 9.31. The van der Waals surface area contributed by atoms with Crippen molar-refractivity contribution in [2.45, 2.75) is 65.2 Å². The van der Waals surface area contributed by atoms with E-state index < -0.39 is 0 Å². The van der Waals surface area contributed by atoms with Crippen molar-refractivity contribution >= 4 is 5.91 Å². The highest BCUT2D eigenvalue weighted by molar-refractivity contribution is 5.76. The minimum absolute atomic E-state index is 0.129. The second-order valence-corrected chi connectivity index (χ2v) is 8.73. The van der Waals surface area contributed by atoms with E-state index in [0.717, 1.165) is 38.8 Å². The first kappa shape index (κ1) is 19.0. The number of nitrogens with two attached hydrogens (primary N) is 1. The van der Waals surface area contributed by atoms with Crippen LogP contribution in [0.4, 0.5) is 0 Å². The molecule has 0 bridgehead atoms. The van der Waals surface area contributed by atoms with Gasteiger partial charge in [-0.3, -0.25) is 4.79 Å². The number of nitrogens with zero attached hydrogens (tertiary/aromatic N) is 1. The molecule has 1 amide bonds. The quantitative estimate of drug-likeness (QED) is 0.804. The van der Waals surface area contributed by atoms with Crippen LogP contribution < -0.4 is 5.73 Å². The third kappa shape index (κ3) is 5.07. The zero-order valence-electron chi connectivity index (χ0n) is 15.9. The van der Waals surface area contributed by atoms with E-state index in [2.05, 4.69) is 52.0 Å². The Morgan fingerprint density at radius 1 is 1.21 bits per heavy atom. The van der Waals surface area contributed by atoms with Gasteiger partial charge in [0.05, 0.1) is 0 Å². The summed E-state index contributed by atoms with van der Waals surface area (Å²) in [6.45, 7) is 11.3. The predicted molar refractivity (Wildman–Crippen MR) is 101 cm³/mol. The van der Waals surface area contributed by atoms with E-state index in [4.69, 9.17) is 5.73 Å². The molecule has 0 aromatic heterocycles. The molecule has 1 atom stereocenters. The summed E-state index contributed by atoms with van der Waals surface area (Å²) in [6, 6.07) is 8.93. The van der Waals surface area contributed by atoms with Gasteiger partial charge in [0, 0.05) is 19.5 Å². The number of amides is 1. The topological polar surface area (TPSA) is 46.3 Å². The van der Waals surface area contributed by atoms with Crippen molar-refractivity contribution in [3.63, 3.8) is 0 Å². The maximum atomic E-state index is 12.3. The summed E-state index contributed by atoms with van der Waals surface area (Å²) in [5, 5.41) is 0. The molecule has 1 unspecified atom stereocenters. The predicted octanol–water partition coefficient (Wildman–Crippen LogP) is 3.89. The molecule has 0 spiro atoms. The number of carbonyl (C=O) groups excluding carboxylic acids is 1. The van der Waals surface area contributed by atoms with Gasteiger partial charge in [0.25, 0.3) is 0 Å². The number of hydrogen-bond acceptors (Lipinski definition) is 2. The molecule has 0 radical (unpaired) electrons. The van der Waals surface area contributed by atoms with Crippen LogP contribution in [0.15, 0.2) is 24.3 Å². The first-order valence-corrected chi connectivity index (χ1v) is 9.31. The average molecular weight is 331 g/mol. The van der Waals surface area contributed by atoms with E-state index in [1.165, 1.54) is 11.1 Å². The SMILES string of the molecule is CC1(CN)CCN(C(=O)CCCCc2ccc(C(C)(C)C)cc2)C1. The maximum absolute atomic E-state index is 12.3. The van der Waals surface area contributed by atoms with Gasteiger partial charge in [0.1, 0.15) is 0 Å². The number of likely N-dealkylation sites (tertiary alicyclic amines) is 1. The molecule has 2 N–H and O–H groups in total. The van der Waals surface area contributed by atoms with Gasteiger partial charge < -0.3 is 10.6 Å². The number of hydrogen-bond donors (Lipinski definition) is 1. The standard InChI is InChI=1S/C21H34N2O/c1-20(2,3)18-11-9-17(10-12-18)7-5-6-8-19(24)23-14-13-21(4,15-22)16-23/h9-12H,5-8,13-16,22H2,1-4H3. The summed E-state index contributed by atoms with van der Waals surface area (Å²) in [5.41, 5.74) is 8.89. The summed E-state index contributed by atoms with van der Waals surface area (Å²) in [6.07, 6.45) is 4.80. The zero-order valence-corrected chi connectivity index (χ0v) is 15.9. The van der Waals surface area contributed by atoms with Crippen molar-refractivity contribution in [1.82, 2.24) is 4.90 Å². The molecule has 1 heterocycles. The van der Waals surface area contributed by atoms with E-state index in [1.807, 2.05) is 4.90 Å². The highest BCUT2D eigenvalue weighted by Crippen LogP contribution is 2.29. The van der Waals surface area contributed by atoms with Crippen molar-refractivity contribution in [2.24, 2.45) is 11.1 Å². The van der Waals surface area contributed by atoms with Crippen LogP contribution in [0.5, 0.6) is 0 Å². The summed E-state index contributed by atoms with van der Waals surface area (Å²) in [7, 11) is 0. The molecule has 3 nitrogen and oxygen atoms in total. The third-order valence-corrected chi connectivity index (χ3v) is 5.33. The lowest BCUT2D eigenvalue weighted by molar-refractivity contribution is -0.130. The number of unbranched alkanes of at least 4 members (excludes halogenated alkanes) is 1. The van der Waals surface area contributed by atoms with E-state index in [1.54, 1.807) is 0 Å². The molecule has 1 aliphatic heterocycles. The lowest BCUT2D eigenvalue weighted by Crippen LogP contribution is -2.34. The van der Waals surface area contributed by atoms with Gasteiger partial charge >= 0.3 is 0 Å². The summed E-state index contributed by atoms with van der Waals surface area (Å²) < 4.78 is 0. The molecule has 0 aliphatic carbocycles. The van der Waals surface area contributed by atoms with Crippen LogP contribution in [-0.2, 0) is 16.6 Å². The van der Waals surface area contributed by atoms with Crippen LogP contribution in [0.3, 0.4) is 0 Å². The average Bonchev–Trinajstić information content (AvgIpc) is 2.94. The van der Waals surface area contributed by atoms with E-state index in [9.17, 15) is 4.79 Å². The Bertz CT molecular complexity index is 544. The zero-order chi connectivity index (χ0) is 17.8. The molecule has 2 rings (SSSR count). The normalized spacial score (nSPS) is 21.3. The minimum atomic E-state index is 0.129. The Morgan fingerprint density at radius 2 is 1.88 bits per heavy atom. The minimum Gasteiger partial charge on any atom is -0.342 e. The summed E-state index contributed by atoms with van der Waals surface area (Å²) in [4.78, 5) is 14.3. The second-order valence-electron chi connectivity index (χ2n) is 8.73. The molecular weight excluding hydrogens is 296 g/mol. The number of carbonyl (C=O) groups is 1. The van der Waals surface area contributed by atoms with Crippen molar-refractivity contribution < 1.29 is 4.79 Å². The summed E-state index contributed by atoms with van der Waals surface area (Å²) in [5.74, 6) is 0.301. The molecule has 1 saturated heterocycles. The van der Waals surface area contributed by atoms with Gasteiger partial charge in [-0.15, -0.1) is 0 Å². The van der Waals surface area contributed by atoms with Gasteiger partial charge in [-0.2, -0.15) is 0 Å². The molecule has 1 fully saturated rings. The monoisotopic (exact) mass is 330 g/mol. The fourth-order valence-corrected chi connectivity index (χ4v) is 3.34. The highest BCUT2D eigenvalue weighted by atomic mass is 16.2. The van der Waals surface area contributed by atoms with E-state index in [0.29, 0.717) is 18.9 Å². The fraction of sp³-hybridized carbons (Fsp3) is 0.667. The van der Waals surface area contributed by atoms with Crippen molar-refractivity contribution in [3.05, 3.63) is 35.4 Å². The Kier molecular flexibility index (Phi) is 6.08. The first-order chi connectivity index (χ1) is 11.2. The van der Waals surface area contributed by atoms with Crippen molar-refractivity contribution in [1.29, 1.82) is 0 Å². The third-order valence-electron chi connectivity index (χ3n) is 5.33. The Morgan fingerprint density at radius 3 is 2.42 bits per heavy atom. The number of benzene rings is 1. The van der Waals surface area contributed by atoms with E-state index in [-0.39, 0.29) is 10.8 Å². The van der Waals surface area contributed by atoms with Crippen LogP contribution in [0.25, 0.3) is 0 Å². The highest BCUT2D eigenvalue weighted by Gasteiger charge is 2.34. The van der Waals surface area contributed by atoms with Gasteiger partial charge in [-0.1, -0.05) is 52.0 Å². The van der Waals surface area contributed by atoms with Crippen molar-refractivity contribution in [2.75, 3.05) is 19.6 Å². The molecule has 24 heavy (non-hydrogen) atoms. The van der Waals surface area contributed by atoms with Crippen LogP contribution >= 0.6 is 0 Å².